The minimum absolute atomic E-state index is 0.924. The molecular formula is C46H28O. The van der Waals surface area contributed by atoms with Crippen LogP contribution in [-0.2, 0) is 0 Å². The highest BCUT2D eigenvalue weighted by Gasteiger charge is 2.18. The molecule has 0 aliphatic heterocycles. The lowest BCUT2D eigenvalue weighted by molar-refractivity contribution is 0.669. The Balaban J connectivity index is 1.17. The lowest BCUT2D eigenvalue weighted by atomic mass is 9.85. The van der Waals surface area contributed by atoms with Crippen molar-refractivity contribution < 1.29 is 4.42 Å². The van der Waals surface area contributed by atoms with Crippen LogP contribution in [0.25, 0.3) is 98.4 Å². The molecule has 47 heavy (non-hydrogen) atoms. The Bertz CT molecular complexity index is 2780. The second-order valence-electron chi connectivity index (χ2n) is 12.4. The first kappa shape index (κ1) is 26.1. The zero-order valence-electron chi connectivity index (χ0n) is 25.6. The van der Waals surface area contributed by atoms with Gasteiger partial charge in [-0.2, -0.15) is 0 Å². The maximum atomic E-state index is 6.38. The minimum atomic E-state index is 0.924. The molecule has 0 aliphatic carbocycles. The van der Waals surface area contributed by atoms with E-state index in [2.05, 4.69) is 164 Å². The van der Waals surface area contributed by atoms with Crippen molar-refractivity contribution in [3.05, 3.63) is 170 Å². The smallest absolute Gasteiger partial charge is 0.136 e. The van der Waals surface area contributed by atoms with E-state index in [9.17, 15) is 0 Å². The first-order valence-electron chi connectivity index (χ1n) is 16.2. The monoisotopic (exact) mass is 596 g/mol. The number of fused-ring (bicyclic) bond motifs is 8. The second kappa shape index (κ2) is 10.2. The number of benzene rings is 9. The fraction of sp³-hybridized carbons (Fsp3) is 0. The Morgan fingerprint density at radius 3 is 1.45 bits per heavy atom. The Hall–Kier alpha value is -6.18. The number of furan rings is 1. The van der Waals surface area contributed by atoms with Gasteiger partial charge in [0.2, 0.25) is 0 Å². The van der Waals surface area contributed by atoms with E-state index in [1.54, 1.807) is 0 Å². The van der Waals surface area contributed by atoms with Crippen molar-refractivity contribution in [3.8, 4) is 33.4 Å². The van der Waals surface area contributed by atoms with Gasteiger partial charge in [-0.15, -0.1) is 0 Å². The molecule has 0 N–H and O–H groups in total. The van der Waals surface area contributed by atoms with Crippen molar-refractivity contribution in [2.45, 2.75) is 0 Å². The lowest BCUT2D eigenvalue weighted by Gasteiger charge is -2.18. The number of para-hydroxylation sites is 1. The van der Waals surface area contributed by atoms with Crippen molar-refractivity contribution in [3.63, 3.8) is 0 Å². The van der Waals surface area contributed by atoms with Gasteiger partial charge < -0.3 is 4.42 Å². The normalized spacial score (nSPS) is 11.8. The van der Waals surface area contributed by atoms with E-state index in [0.717, 1.165) is 16.6 Å². The third-order valence-corrected chi connectivity index (χ3v) is 9.82. The molecule has 0 unspecified atom stereocenters. The van der Waals surface area contributed by atoms with Crippen LogP contribution in [0.4, 0.5) is 0 Å². The first-order chi connectivity index (χ1) is 23.3. The van der Waals surface area contributed by atoms with Crippen LogP contribution in [0, 0.1) is 0 Å². The molecule has 1 nitrogen and oxygen atoms in total. The van der Waals surface area contributed by atoms with Gasteiger partial charge in [-0.05, 0) is 101 Å². The maximum absolute atomic E-state index is 6.38. The first-order valence-corrected chi connectivity index (χ1v) is 16.2. The van der Waals surface area contributed by atoms with E-state index in [-0.39, 0.29) is 0 Å². The average Bonchev–Trinajstić information content (AvgIpc) is 3.52. The van der Waals surface area contributed by atoms with Crippen molar-refractivity contribution >= 4 is 65.0 Å². The van der Waals surface area contributed by atoms with E-state index in [1.807, 2.05) is 6.07 Å². The van der Waals surface area contributed by atoms with Gasteiger partial charge in [-0.3, -0.25) is 0 Å². The van der Waals surface area contributed by atoms with Crippen molar-refractivity contribution in [2.24, 2.45) is 0 Å². The van der Waals surface area contributed by atoms with Gasteiger partial charge in [0.15, 0.2) is 0 Å². The standard InChI is InChI=1S/C46H28O/c1-2-12-29(13-3-1)44-36-16-6-8-18-38(36)45(39-19-9-7-17-37(39)44)33-25-23-30-26-32(24-22-31(30)27-33)41-28-43-46(35-15-5-4-14-34(35)41)40-20-10-11-21-42(40)47-43/h1-28H. The Kier molecular flexibility index (Phi) is 5.64. The summed E-state index contributed by atoms with van der Waals surface area (Å²) in [5.41, 5.74) is 9.26. The molecule has 0 amide bonds. The largest absolute Gasteiger partial charge is 0.456 e. The zero-order chi connectivity index (χ0) is 30.9. The minimum Gasteiger partial charge on any atom is -0.456 e. The fourth-order valence-corrected chi connectivity index (χ4v) is 7.75. The number of rotatable bonds is 3. The maximum Gasteiger partial charge on any atom is 0.136 e. The van der Waals surface area contributed by atoms with Crippen molar-refractivity contribution in [1.29, 1.82) is 0 Å². The number of hydrogen-bond acceptors (Lipinski definition) is 1. The predicted molar refractivity (Wildman–Crippen MR) is 200 cm³/mol. The highest BCUT2D eigenvalue weighted by Crippen LogP contribution is 2.45. The molecule has 1 aromatic heterocycles. The summed E-state index contributed by atoms with van der Waals surface area (Å²) >= 11 is 0. The van der Waals surface area contributed by atoms with Crippen LogP contribution < -0.4 is 0 Å². The summed E-state index contributed by atoms with van der Waals surface area (Å²) in [6.45, 7) is 0. The van der Waals surface area contributed by atoms with Gasteiger partial charge in [0.05, 0.1) is 0 Å². The molecule has 0 atom stereocenters. The molecule has 10 aromatic rings. The van der Waals surface area contributed by atoms with Gasteiger partial charge in [0, 0.05) is 10.8 Å². The molecule has 1 heteroatoms. The van der Waals surface area contributed by atoms with Gasteiger partial charge in [0.1, 0.15) is 11.2 Å². The quantitative estimate of drug-likeness (QED) is 0.185. The summed E-state index contributed by atoms with van der Waals surface area (Å²) in [4.78, 5) is 0. The van der Waals surface area contributed by atoms with Gasteiger partial charge in [-0.1, -0.05) is 146 Å². The molecule has 0 aliphatic rings. The summed E-state index contributed by atoms with van der Waals surface area (Å²) in [6, 6.07) is 61.5. The molecule has 1 heterocycles. The second-order valence-corrected chi connectivity index (χ2v) is 12.4. The van der Waals surface area contributed by atoms with Crippen LogP contribution in [-0.4, -0.2) is 0 Å². The summed E-state index contributed by atoms with van der Waals surface area (Å²) in [7, 11) is 0. The third kappa shape index (κ3) is 3.97. The molecule has 0 fully saturated rings. The summed E-state index contributed by atoms with van der Waals surface area (Å²) in [5, 5.41) is 12.3. The van der Waals surface area contributed by atoms with E-state index in [0.29, 0.717) is 0 Å². The molecule has 218 valence electrons. The van der Waals surface area contributed by atoms with Crippen molar-refractivity contribution in [2.75, 3.05) is 0 Å². The Morgan fingerprint density at radius 1 is 0.298 bits per heavy atom. The van der Waals surface area contributed by atoms with Crippen LogP contribution in [0.5, 0.6) is 0 Å². The highest BCUT2D eigenvalue weighted by molar-refractivity contribution is 6.23. The van der Waals surface area contributed by atoms with E-state index >= 15 is 0 Å². The van der Waals surface area contributed by atoms with Crippen LogP contribution in [0.3, 0.4) is 0 Å². The molecule has 0 radical (unpaired) electrons. The molecule has 10 rings (SSSR count). The summed E-state index contributed by atoms with van der Waals surface area (Å²) < 4.78 is 6.38. The predicted octanol–water partition coefficient (Wildman–Crippen LogP) is 13.2. The topological polar surface area (TPSA) is 13.1 Å². The molecule has 0 saturated heterocycles. The molecule has 9 aromatic carbocycles. The summed E-state index contributed by atoms with van der Waals surface area (Å²) in [5.74, 6) is 0. The van der Waals surface area contributed by atoms with Gasteiger partial charge in [0.25, 0.3) is 0 Å². The Morgan fingerprint density at radius 2 is 0.787 bits per heavy atom. The lowest BCUT2D eigenvalue weighted by Crippen LogP contribution is -1.91. The Labute approximate surface area is 271 Å². The highest BCUT2D eigenvalue weighted by atomic mass is 16.3. The van der Waals surface area contributed by atoms with Crippen LogP contribution in [0.1, 0.15) is 0 Å². The average molecular weight is 597 g/mol. The van der Waals surface area contributed by atoms with Crippen LogP contribution in [0.2, 0.25) is 0 Å². The molecule has 0 bridgehead atoms. The van der Waals surface area contributed by atoms with Crippen LogP contribution >= 0.6 is 0 Å². The number of hydrogen-bond donors (Lipinski definition) is 0. The van der Waals surface area contributed by atoms with Gasteiger partial charge >= 0.3 is 0 Å². The summed E-state index contributed by atoms with van der Waals surface area (Å²) in [6.07, 6.45) is 0. The fourth-order valence-electron chi connectivity index (χ4n) is 7.75. The van der Waals surface area contributed by atoms with E-state index in [1.165, 1.54) is 81.9 Å². The third-order valence-electron chi connectivity index (χ3n) is 9.82. The van der Waals surface area contributed by atoms with Crippen molar-refractivity contribution in [1.82, 2.24) is 0 Å². The molecule has 0 saturated carbocycles. The SMILES string of the molecule is c1ccc(-c2c3ccccc3c(-c3ccc4cc(-c5cc6oc7ccccc7c6c6ccccc56)ccc4c3)c3ccccc23)cc1. The van der Waals surface area contributed by atoms with Crippen LogP contribution in [0.15, 0.2) is 174 Å². The zero-order valence-corrected chi connectivity index (χ0v) is 25.6. The van der Waals surface area contributed by atoms with E-state index < -0.39 is 0 Å². The van der Waals surface area contributed by atoms with Gasteiger partial charge in [-0.25, -0.2) is 0 Å². The molecular weight excluding hydrogens is 569 g/mol. The molecule has 0 spiro atoms. The van der Waals surface area contributed by atoms with E-state index in [4.69, 9.17) is 4.42 Å².